The molecule has 0 aliphatic heterocycles. The zero-order valence-corrected chi connectivity index (χ0v) is 16.1. The average Bonchev–Trinajstić information content (AvgIpc) is 2.69. The lowest BCUT2D eigenvalue weighted by Crippen LogP contribution is -2.10. The number of hydrogen-bond acceptors (Lipinski definition) is 4. The topological polar surface area (TPSA) is 54.9 Å². The largest absolute Gasteiger partial charge is 0.373 e. The van der Waals surface area contributed by atoms with Gasteiger partial charge in [0.05, 0.1) is 11.8 Å². The van der Waals surface area contributed by atoms with E-state index in [0.29, 0.717) is 12.2 Å². The number of allylic oxidation sites excluding steroid dienone is 3. The molecule has 0 aromatic carbocycles. The molecule has 1 atom stereocenters. The summed E-state index contributed by atoms with van der Waals surface area (Å²) in [5, 5.41) is 3.05. The average molecular weight is 367 g/mol. The Kier molecular flexibility index (Phi) is 7.41. The van der Waals surface area contributed by atoms with Crippen LogP contribution in [0.4, 0.5) is 10.2 Å². The highest BCUT2D eigenvalue weighted by Crippen LogP contribution is 2.38. The van der Waals surface area contributed by atoms with Crippen molar-refractivity contribution in [3.8, 4) is 0 Å². The van der Waals surface area contributed by atoms with Crippen LogP contribution in [-0.2, 0) is 0 Å². The molecule has 0 saturated carbocycles. The van der Waals surface area contributed by atoms with Crippen LogP contribution in [0.5, 0.6) is 0 Å². The molecule has 2 aromatic heterocycles. The van der Waals surface area contributed by atoms with Crippen molar-refractivity contribution in [2.45, 2.75) is 33.1 Å². The van der Waals surface area contributed by atoms with Crippen LogP contribution >= 0.6 is 0 Å². The molecular formula is C22H26FN3O. The maximum atomic E-state index is 12.3. The summed E-state index contributed by atoms with van der Waals surface area (Å²) in [5.74, 6) is 0.976. The molecular weight excluding hydrogens is 341 g/mol. The lowest BCUT2D eigenvalue weighted by Gasteiger charge is -2.26. The second-order valence-electron chi connectivity index (χ2n) is 6.74. The van der Waals surface area contributed by atoms with Gasteiger partial charge in [0.1, 0.15) is 5.82 Å². The minimum Gasteiger partial charge on any atom is -0.373 e. The van der Waals surface area contributed by atoms with E-state index in [9.17, 15) is 9.18 Å². The lowest BCUT2D eigenvalue weighted by molar-refractivity contribution is 0.111. The normalized spacial score (nSPS) is 16.2. The summed E-state index contributed by atoms with van der Waals surface area (Å²) >= 11 is 0. The molecule has 27 heavy (non-hydrogen) atoms. The van der Waals surface area contributed by atoms with E-state index in [0.717, 1.165) is 18.4 Å². The molecule has 142 valence electrons. The minimum atomic E-state index is -0.576. The molecule has 1 aliphatic carbocycles. The van der Waals surface area contributed by atoms with Crippen LogP contribution in [0.1, 0.15) is 49.0 Å². The first kappa shape index (κ1) is 20.5. The van der Waals surface area contributed by atoms with Crippen molar-refractivity contribution in [1.29, 1.82) is 0 Å². The SMILES string of the molecule is C=C(C)C1CCC(C)=C(c2ccc(NC)nc2)C1.O=Cc1ccncc1F. The van der Waals surface area contributed by atoms with Gasteiger partial charge in [-0.2, -0.15) is 0 Å². The van der Waals surface area contributed by atoms with E-state index in [-0.39, 0.29) is 5.56 Å². The second-order valence-corrected chi connectivity index (χ2v) is 6.74. The molecule has 1 N–H and O–H groups in total. The third kappa shape index (κ3) is 5.58. The van der Waals surface area contributed by atoms with E-state index in [2.05, 4.69) is 41.8 Å². The fourth-order valence-electron chi connectivity index (χ4n) is 3.05. The van der Waals surface area contributed by atoms with Crippen molar-refractivity contribution >= 4 is 17.7 Å². The number of carbonyl (C=O) groups excluding carboxylic acids is 1. The van der Waals surface area contributed by atoms with Gasteiger partial charge in [-0.1, -0.05) is 17.7 Å². The van der Waals surface area contributed by atoms with E-state index in [1.165, 1.54) is 47.4 Å². The molecule has 0 amide bonds. The molecule has 2 heterocycles. The van der Waals surface area contributed by atoms with Gasteiger partial charge in [-0.25, -0.2) is 9.37 Å². The van der Waals surface area contributed by atoms with Crippen LogP contribution in [0.3, 0.4) is 0 Å². The summed E-state index contributed by atoms with van der Waals surface area (Å²) in [4.78, 5) is 17.8. The summed E-state index contributed by atoms with van der Waals surface area (Å²) in [7, 11) is 1.89. The zero-order chi connectivity index (χ0) is 19.8. The number of halogens is 1. The van der Waals surface area contributed by atoms with Crippen molar-refractivity contribution < 1.29 is 9.18 Å². The third-order valence-corrected chi connectivity index (χ3v) is 4.83. The van der Waals surface area contributed by atoms with E-state index in [1.54, 1.807) is 0 Å². The Morgan fingerprint density at radius 1 is 1.33 bits per heavy atom. The van der Waals surface area contributed by atoms with Gasteiger partial charge < -0.3 is 5.32 Å². The quantitative estimate of drug-likeness (QED) is 0.588. The predicted octanol–water partition coefficient (Wildman–Crippen LogP) is 5.31. The summed E-state index contributed by atoms with van der Waals surface area (Å²) in [6.45, 7) is 8.50. The van der Waals surface area contributed by atoms with Crippen LogP contribution in [-0.4, -0.2) is 23.3 Å². The molecule has 1 aliphatic rings. The van der Waals surface area contributed by atoms with Gasteiger partial charge in [0, 0.05) is 19.4 Å². The Morgan fingerprint density at radius 3 is 2.63 bits per heavy atom. The highest BCUT2D eigenvalue weighted by molar-refractivity contribution is 5.74. The highest BCUT2D eigenvalue weighted by Gasteiger charge is 2.20. The van der Waals surface area contributed by atoms with Crippen LogP contribution in [0, 0.1) is 11.7 Å². The summed E-state index contributed by atoms with van der Waals surface area (Å²) in [5.41, 5.74) is 5.58. The Balaban J connectivity index is 0.000000244. The van der Waals surface area contributed by atoms with Crippen molar-refractivity contribution in [3.63, 3.8) is 0 Å². The van der Waals surface area contributed by atoms with Crippen LogP contribution in [0.15, 0.2) is 54.5 Å². The maximum absolute atomic E-state index is 12.3. The molecule has 0 bridgehead atoms. The van der Waals surface area contributed by atoms with Crippen LogP contribution in [0.2, 0.25) is 0 Å². The Labute approximate surface area is 160 Å². The van der Waals surface area contributed by atoms with E-state index in [1.807, 2.05) is 19.3 Å². The maximum Gasteiger partial charge on any atom is 0.153 e. The molecule has 0 fully saturated rings. The number of rotatable bonds is 4. The highest BCUT2D eigenvalue weighted by atomic mass is 19.1. The van der Waals surface area contributed by atoms with Gasteiger partial charge in [0.2, 0.25) is 0 Å². The minimum absolute atomic E-state index is 0.0463. The first-order valence-electron chi connectivity index (χ1n) is 8.99. The number of hydrogen-bond donors (Lipinski definition) is 1. The van der Waals surface area contributed by atoms with Gasteiger partial charge in [0.25, 0.3) is 0 Å². The molecule has 0 radical (unpaired) electrons. The first-order valence-corrected chi connectivity index (χ1v) is 8.99. The van der Waals surface area contributed by atoms with Crippen LogP contribution < -0.4 is 5.32 Å². The number of aldehydes is 1. The monoisotopic (exact) mass is 367 g/mol. The Morgan fingerprint density at radius 2 is 2.11 bits per heavy atom. The Hall–Kier alpha value is -2.82. The van der Waals surface area contributed by atoms with E-state index < -0.39 is 5.82 Å². The Bertz CT molecular complexity index is 828. The zero-order valence-electron chi connectivity index (χ0n) is 16.1. The first-order chi connectivity index (χ1) is 13.0. The molecule has 5 heteroatoms. The number of nitrogens with zero attached hydrogens (tertiary/aromatic N) is 2. The predicted molar refractivity (Wildman–Crippen MR) is 108 cm³/mol. The van der Waals surface area contributed by atoms with Crippen molar-refractivity contribution in [3.05, 3.63) is 71.5 Å². The van der Waals surface area contributed by atoms with Gasteiger partial charge >= 0.3 is 0 Å². The van der Waals surface area contributed by atoms with Crippen molar-refractivity contribution in [2.24, 2.45) is 5.92 Å². The van der Waals surface area contributed by atoms with E-state index >= 15 is 0 Å². The van der Waals surface area contributed by atoms with E-state index in [4.69, 9.17) is 0 Å². The summed E-state index contributed by atoms with van der Waals surface area (Å²) < 4.78 is 12.3. The molecule has 0 spiro atoms. The molecule has 3 rings (SSSR count). The van der Waals surface area contributed by atoms with Gasteiger partial charge in [-0.3, -0.25) is 9.78 Å². The fourth-order valence-corrected chi connectivity index (χ4v) is 3.05. The number of aromatic nitrogens is 2. The smallest absolute Gasteiger partial charge is 0.153 e. The molecule has 4 nitrogen and oxygen atoms in total. The van der Waals surface area contributed by atoms with Gasteiger partial charge in [-0.15, -0.1) is 0 Å². The fraction of sp³-hybridized carbons (Fsp3) is 0.318. The summed E-state index contributed by atoms with van der Waals surface area (Å²) in [6, 6.07) is 5.53. The van der Waals surface area contributed by atoms with Crippen molar-refractivity contribution in [2.75, 3.05) is 12.4 Å². The number of carbonyl (C=O) groups is 1. The standard InChI is InChI=1S/C16H22N2.C6H4FNO/c1-11(2)13-6-5-12(3)15(9-13)14-7-8-16(17-4)18-10-14;7-6-3-8-2-1-5(6)4-9/h7-8,10,13H,1,5-6,9H2,2-4H3,(H,17,18);1-4H. The van der Waals surface area contributed by atoms with Crippen LogP contribution in [0.25, 0.3) is 5.57 Å². The summed E-state index contributed by atoms with van der Waals surface area (Å²) in [6.07, 6.45) is 8.34. The molecule has 1 unspecified atom stereocenters. The number of pyridine rings is 2. The van der Waals surface area contributed by atoms with Gasteiger partial charge in [-0.05, 0) is 68.4 Å². The molecule has 0 saturated heterocycles. The lowest BCUT2D eigenvalue weighted by atomic mass is 9.79. The number of nitrogens with one attached hydrogen (secondary N) is 1. The molecule has 2 aromatic rings. The van der Waals surface area contributed by atoms with Crippen molar-refractivity contribution in [1.82, 2.24) is 9.97 Å². The number of anilines is 1. The second kappa shape index (κ2) is 9.76. The van der Waals surface area contributed by atoms with Gasteiger partial charge in [0.15, 0.2) is 12.1 Å². The third-order valence-electron chi connectivity index (χ3n) is 4.83.